The van der Waals surface area contributed by atoms with E-state index >= 15 is 0 Å². The smallest absolute Gasteiger partial charge is 0.147 e. The van der Waals surface area contributed by atoms with Crippen molar-refractivity contribution in [2.45, 2.75) is 26.4 Å². The van der Waals surface area contributed by atoms with E-state index in [0.29, 0.717) is 6.61 Å². The largest absolute Gasteiger partial charge is 0.492 e. The number of ether oxygens (including phenoxy) is 1. The van der Waals surface area contributed by atoms with Gasteiger partial charge in [0.25, 0.3) is 0 Å². The fraction of sp³-hybridized carbons (Fsp3) is 0.312. The first kappa shape index (κ1) is 16.5. The fourth-order valence-electron chi connectivity index (χ4n) is 2.00. The number of rotatable bonds is 6. The van der Waals surface area contributed by atoms with Gasteiger partial charge in [0.15, 0.2) is 0 Å². The molecular formula is C16H18Br2N2O. The highest BCUT2D eigenvalue weighted by molar-refractivity contribution is 9.11. The first-order chi connectivity index (χ1) is 10.1. The monoisotopic (exact) mass is 412 g/mol. The lowest BCUT2D eigenvalue weighted by atomic mass is 10.1. The van der Waals surface area contributed by atoms with Crippen molar-refractivity contribution in [3.05, 3.63) is 56.7 Å². The van der Waals surface area contributed by atoms with Gasteiger partial charge < -0.3 is 10.1 Å². The van der Waals surface area contributed by atoms with E-state index in [2.05, 4.69) is 61.2 Å². The van der Waals surface area contributed by atoms with Gasteiger partial charge in [0.2, 0.25) is 0 Å². The van der Waals surface area contributed by atoms with Crippen molar-refractivity contribution >= 4 is 31.9 Å². The Kier molecular flexibility index (Phi) is 6.21. The molecule has 0 saturated carbocycles. The first-order valence-corrected chi connectivity index (χ1v) is 8.45. The molecule has 0 saturated heterocycles. The van der Waals surface area contributed by atoms with Crippen molar-refractivity contribution in [2.24, 2.45) is 0 Å². The van der Waals surface area contributed by atoms with Crippen molar-refractivity contribution < 1.29 is 4.74 Å². The lowest BCUT2D eigenvalue weighted by Gasteiger charge is -2.15. The Labute approximate surface area is 142 Å². The van der Waals surface area contributed by atoms with E-state index in [1.807, 2.05) is 31.3 Å². The summed E-state index contributed by atoms with van der Waals surface area (Å²) in [5.74, 6) is 0.846. The predicted molar refractivity (Wildman–Crippen MR) is 92.5 cm³/mol. The third-order valence-electron chi connectivity index (χ3n) is 3.09. The van der Waals surface area contributed by atoms with E-state index in [1.54, 1.807) is 0 Å². The molecule has 0 aliphatic carbocycles. The van der Waals surface area contributed by atoms with Crippen LogP contribution in [0.3, 0.4) is 0 Å². The zero-order valence-corrected chi connectivity index (χ0v) is 15.2. The highest BCUT2D eigenvalue weighted by Gasteiger charge is 2.10. The number of nitrogens with zero attached hydrogens (tertiary/aromatic N) is 1. The molecule has 1 aromatic heterocycles. The molecule has 0 aliphatic rings. The maximum Gasteiger partial charge on any atom is 0.147 e. The van der Waals surface area contributed by atoms with Crippen LogP contribution in [0.5, 0.6) is 5.75 Å². The number of benzene rings is 1. The standard InChI is InChI=1S/C16H18Br2N2O/c1-3-21-16-13(17)8-12(9-14(16)18)10-20-11(2)15-6-4-5-7-19-15/h4-9,11,20H,3,10H2,1-2H3/t11-/m1/s1. The van der Waals surface area contributed by atoms with Gasteiger partial charge in [-0.2, -0.15) is 0 Å². The lowest BCUT2D eigenvalue weighted by Crippen LogP contribution is -2.19. The Bertz CT molecular complexity index is 567. The third kappa shape index (κ3) is 4.53. The molecule has 0 radical (unpaired) electrons. The quantitative estimate of drug-likeness (QED) is 0.734. The molecule has 0 unspecified atom stereocenters. The summed E-state index contributed by atoms with van der Waals surface area (Å²) in [6, 6.07) is 10.3. The molecule has 0 spiro atoms. The van der Waals surface area contributed by atoms with Crippen molar-refractivity contribution in [1.29, 1.82) is 0 Å². The second-order valence-electron chi connectivity index (χ2n) is 4.68. The van der Waals surface area contributed by atoms with Crippen molar-refractivity contribution in [1.82, 2.24) is 10.3 Å². The molecule has 1 atom stereocenters. The summed E-state index contributed by atoms with van der Waals surface area (Å²) < 4.78 is 7.51. The number of aromatic nitrogens is 1. The van der Waals surface area contributed by atoms with Crippen LogP contribution in [0.2, 0.25) is 0 Å². The Morgan fingerprint density at radius 1 is 1.24 bits per heavy atom. The normalized spacial score (nSPS) is 12.2. The third-order valence-corrected chi connectivity index (χ3v) is 4.27. The van der Waals surface area contributed by atoms with Gasteiger partial charge in [0.1, 0.15) is 5.75 Å². The Morgan fingerprint density at radius 2 is 1.95 bits per heavy atom. The van der Waals surface area contributed by atoms with Crippen LogP contribution >= 0.6 is 31.9 Å². The number of pyridine rings is 1. The minimum atomic E-state index is 0.204. The van der Waals surface area contributed by atoms with Crippen molar-refractivity contribution in [3.63, 3.8) is 0 Å². The Hall–Kier alpha value is -0.910. The summed E-state index contributed by atoms with van der Waals surface area (Å²) in [7, 11) is 0. The van der Waals surface area contributed by atoms with Gasteiger partial charge in [-0.3, -0.25) is 4.98 Å². The fourth-order valence-corrected chi connectivity index (χ4v) is 3.51. The second-order valence-corrected chi connectivity index (χ2v) is 6.39. The summed E-state index contributed by atoms with van der Waals surface area (Å²) in [4.78, 5) is 4.36. The van der Waals surface area contributed by atoms with Gasteiger partial charge >= 0.3 is 0 Å². The van der Waals surface area contributed by atoms with Gasteiger partial charge in [-0.1, -0.05) is 6.07 Å². The summed E-state index contributed by atoms with van der Waals surface area (Å²) >= 11 is 7.11. The average molecular weight is 414 g/mol. The molecule has 2 rings (SSSR count). The molecule has 1 N–H and O–H groups in total. The van der Waals surface area contributed by atoms with Gasteiger partial charge in [0, 0.05) is 18.8 Å². The van der Waals surface area contributed by atoms with Gasteiger partial charge in [0.05, 0.1) is 21.2 Å². The minimum absolute atomic E-state index is 0.204. The maximum atomic E-state index is 5.59. The summed E-state index contributed by atoms with van der Waals surface area (Å²) in [5.41, 5.74) is 2.22. The van der Waals surface area contributed by atoms with Crippen LogP contribution in [0.1, 0.15) is 31.1 Å². The summed E-state index contributed by atoms with van der Waals surface area (Å²) in [6.07, 6.45) is 1.82. The highest BCUT2D eigenvalue weighted by Crippen LogP contribution is 2.34. The number of nitrogens with one attached hydrogen (secondary N) is 1. The summed E-state index contributed by atoms with van der Waals surface area (Å²) in [5, 5.41) is 3.48. The van der Waals surface area contributed by atoms with Gasteiger partial charge in [-0.15, -0.1) is 0 Å². The van der Waals surface area contributed by atoms with E-state index in [0.717, 1.165) is 26.9 Å². The van der Waals surface area contributed by atoms with Crippen LogP contribution in [0.15, 0.2) is 45.5 Å². The molecule has 0 fully saturated rings. The SMILES string of the molecule is CCOc1c(Br)cc(CN[C@H](C)c2ccccn2)cc1Br. The second kappa shape index (κ2) is 7.92. The number of halogens is 2. The van der Waals surface area contributed by atoms with E-state index in [9.17, 15) is 0 Å². The van der Waals surface area contributed by atoms with E-state index in [-0.39, 0.29) is 6.04 Å². The van der Waals surface area contributed by atoms with E-state index in [4.69, 9.17) is 4.74 Å². The van der Waals surface area contributed by atoms with Crippen LogP contribution in [0, 0.1) is 0 Å². The van der Waals surface area contributed by atoms with Crippen LogP contribution in [-0.2, 0) is 6.54 Å². The Balaban J connectivity index is 2.04. The van der Waals surface area contributed by atoms with Crippen molar-refractivity contribution in [2.75, 3.05) is 6.61 Å². The zero-order valence-electron chi connectivity index (χ0n) is 12.1. The van der Waals surface area contributed by atoms with Gasteiger partial charge in [-0.25, -0.2) is 0 Å². The Morgan fingerprint density at radius 3 is 2.52 bits per heavy atom. The topological polar surface area (TPSA) is 34.1 Å². The molecule has 1 aromatic carbocycles. The molecule has 0 amide bonds. The molecule has 5 heteroatoms. The first-order valence-electron chi connectivity index (χ1n) is 6.86. The average Bonchev–Trinajstić information content (AvgIpc) is 2.49. The summed E-state index contributed by atoms with van der Waals surface area (Å²) in [6.45, 7) is 5.50. The van der Waals surface area contributed by atoms with Crippen LogP contribution in [-0.4, -0.2) is 11.6 Å². The minimum Gasteiger partial charge on any atom is -0.492 e. The highest BCUT2D eigenvalue weighted by atomic mass is 79.9. The van der Waals surface area contributed by atoms with Crippen LogP contribution < -0.4 is 10.1 Å². The predicted octanol–water partition coefficient (Wildman–Crippen LogP) is 4.86. The zero-order chi connectivity index (χ0) is 15.2. The van der Waals surface area contributed by atoms with Crippen LogP contribution in [0.4, 0.5) is 0 Å². The van der Waals surface area contributed by atoms with Crippen LogP contribution in [0.25, 0.3) is 0 Å². The van der Waals surface area contributed by atoms with E-state index in [1.165, 1.54) is 5.56 Å². The van der Waals surface area contributed by atoms with Crippen molar-refractivity contribution in [3.8, 4) is 5.75 Å². The molecule has 0 bridgehead atoms. The van der Waals surface area contributed by atoms with E-state index < -0.39 is 0 Å². The lowest BCUT2D eigenvalue weighted by molar-refractivity contribution is 0.336. The molecular weight excluding hydrogens is 396 g/mol. The molecule has 1 heterocycles. The molecule has 0 aliphatic heterocycles. The van der Waals surface area contributed by atoms with Gasteiger partial charge in [-0.05, 0) is 75.5 Å². The number of hydrogen-bond donors (Lipinski definition) is 1. The molecule has 21 heavy (non-hydrogen) atoms. The maximum absolute atomic E-state index is 5.59. The number of hydrogen-bond acceptors (Lipinski definition) is 3. The molecule has 112 valence electrons. The molecule has 2 aromatic rings. The molecule has 3 nitrogen and oxygen atoms in total.